The molecule has 29 heavy (non-hydrogen) atoms. The molecule has 1 amide bonds. The zero-order chi connectivity index (χ0) is 20.6. The third-order valence-electron chi connectivity index (χ3n) is 4.76. The molecule has 2 heterocycles. The summed E-state index contributed by atoms with van der Waals surface area (Å²) in [5, 5.41) is 17.7. The second kappa shape index (κ2) is 7.37. The van der Waals surface area contributed by atoms with Gasteiger partial charge in [-0.25, -0.2) is 12.8 Å². The molecule has 0 radical (unpaired) electrons. The number of benzene rings is 2. The van der Waals surface area contributed by atoms with Crippen LogP contribution in [0.4, 0.5) is 10.1 Å². The molecule has 2 aromatic carbocycles. The van der Waals surface area contributed by atoms with Gasteiger partial charge in [0.1, 0.15) is 5.82 Å². The highest BCUT2D eigenvalue weighted by molar-refractivity contribution is 7.89. The van der Waals surface area contributed by atoms with Gasteiger partial charge in [-0.1, -0.05) is 0 Å². The quantitative estimate of drug-likeness (QED) is 0.631. The lowest BCUT2D eigenvalue weighted by molar-refractivity contribution is 0.0995. The van der Waals surface area contributed by atoms with Gasteiger partial charge in [0.25, 0.3) is 5.91 Å². The highest BCUT2D eigenvalue weighted by Gasteiger charge is 2.27. The number of hydrogen-bond donors (Lipinski definition) is 2. The first-order valence-corrected chi connectivity index (χ1v) is 10.4. The van der Waals surface area contributed by atoms with Crippen molar-refractivity contribution in [3.63, 3.8) is 0 Å². The topological polar surface area (TPSA) is 115 Å². The van der Waals surface area contributed by atoms with Crippen LogP contribution in [0.1, 0.15) is 23.2 Å². The Morgan fingerprint density at radius 1 is 1.10 bits per heavy atom. The zero-order valence-electron chi connectivity index (χ0n) is 15.2. The Kier molecular flexibility index (Phi) is 4.89. The first kappa shape index (κ1) is 19.2. The van der Waals surface area contributed by atoms with E-state index in [2.05, 4.69) is 15.2 Å². The van der Waals surface area contributed by atoms with E-state index >= 15 is 0 Å². The number of carbonyl (C=O) groups excluding carboxylic acids is 1. The number of aromatic amines is 1. The molecular formula is C19H17FN4O4S. The number of amides is 1. The minimum atomic E-state index is -3.56. The van der Waals surface area contributed by atoms with Gasteiger partial charge in [-0.05, 0) is 55.3 Å². The molecule has 4 rings (SSSR count). The number of nitrogens with one attached hydrogen (secondary N) is 1. The molecule has 0 atom stereocenters. The van der Waals surface area contributed by atoms with E-state index in [1.54, 1.807) is 0 Å². The van der Waals surface area contributed by atoms with Crippen molar-refractivity contribution in [1.29, 1.82) is 0 Å². The molecule has 10 heteroatoms. The smallest absolute Gasteiger partial charge is 0.295 e. The van der Waals surface area contributed by atoms with Crippen molar-refractivity contribution < 1.29 is 22.7 Å². The van der Waals surface area contributed by atoms with Gasteiger partial charge in [0.15, 0.2) is 5.69 Å². The van der Waals surface area contributed by atoms with E-state index in [4.69, 9.17) is 0 Å². The fourth-order valence-electron chi connectivity index (χ4n) is 3.24. The van der Waals surface area contributed by atoms with E-state index in [9.17, 15) is 22.7 Å². The van der Waals surface area contributed by atoms with Crippen molar-refractivity contribution in [2.75, 3.05) is 13.1 Å². The Morgan fingerprint density at radius 2 is 1.79 bits per heavy atom. The van der Waals surface area contributed by atoms with Gasteiger partial charge >= 0.3 is 0 Å². The van der Waals surface area contributed by atoms with E-state index in [1.807, 2.05) is 0 Å². The normalized spacial score (nSPS) is 15.5. The summed E-state index contributed by atoms with van der Waals surface area (Å²) in [6.07, 6.45) is 1.67. The van der Waals surface area contributed by atoms with Crippen molar-refractivity contribution in [2.24, 2.45) is 10.2 Å². The van der Waals surface area contributed by atoms with Crippen molar-refractivity contribution in [1.82, 2.24) is 9.29 Å². The zero-order valence-corrected chi connectivity index (χ0v) is 16.0. The van der Waals surface area contributed by atoms with Crippen LogP contribution in [-0.4, -0.2) is 41.8 Å². The van der Waals surface area contributed by atoms with Crippen LogP contribution in [0.25, 0.3) is 10.9 Å². The van der Waals surface area contributed by atoms with Crippen LogP contribution < -0.4 is 0 Å². The molecule has 1 fully saturated rings. The van der Waals surface area contributed by atoms with Crippen LogP contribution in [0.15, 0.2) is 57.6 Å². The molecular weight excluding hydrogens is 399 g/mol. The molecule has 0 bridgehead atoms. The number of fused-ring (bicyclic) bond motifs is 1. The maximum Gasteiger partial charge on any atom is 0.295 e. The number of H-pyrrole nitrogens is 1. The third-order valence-corrected chi connectivity index (χ3v) is 6.67. The fourth-order valence-corrected chi connectivity index (χ4v) is 4.76. The summed E-state index contributed by atoms with van der Waals surface area (Å²) >= 11 is 0. The van der Waals surface area contributed by atoms with Gasteiger partial charge in [-0.15, -0.1) is 10.2 Å². The van der Waals surface area contributed by atoms with Crippen molar-refractivity contribution in [3.05, 3.63) is 53.8 Å². The third kappa shape index (κ3) is 3.64. The number of aromatic hydroxyl groups is 1. The summed E-state index contributed by atoms with van der Waals surface area (Å²) in [5.41, 5.74) is 0.487. The van der Waals surface area contributed by atoms with E-state index in [-0.39, 0.29) is 22.0 Å². The Balaban J connectivity index is 1.55. The predicted octanol–water partition coefficient (Wildman–Crippen LogP) is 3.72. The SMILES string of the molecule is O=C(N=Nc1c(O)[nH]c2cc(F)ccc12)c1ccc(S(=O)(=O)N2CCCC2)cc1. The van der Waals surface area contributed by atoms with E-state index < -0.39 is 21.7 Å². The Hall–Kier alpha value is -3.11. The first-order chi connectivity index (χ1) is 13.9. The molecule has 0 aliphatic carbocycles. The largest absolute Gasteiger partial charge is 0.493 e. The standard InChI is InChI=1S/C19H17FN4O4S/c20-13-5-8-15-16(11-13)21-19(26)17(15)22-23-18(25)12-3-6-14(7-4-12)29(27,28)24-9-1-2-10-24/h3-8,11,21,26H,1-2,9-10H2. The lowest BCUT2D eigenvalue weighted by Crippen LogP contribution is -2.27. The molecule has 2 N–H and O–H groups in total. The molecule has 150 valence electrons. The van der Waals surface area contributed by atoms with Crippen molar-refractivity contribution in [3.8, 4) is 5.88 Å². The Bertz CT molecular complexity index is 1210. The van der Waals surface area contributed by atoms with Gasteiger partial charge in [0.05, 0.1) is 10.4 Å². The lowest BCUT2D eigenvalue weighted by Gasteiger charge is -2.15. The molecule has 0 unspecified atom stereocenters. The van der Waals surface area contributed by atoms with Gasteiger partial charge in [-0.2, -0.15) is 4.31 Å². The predicted molar refractivity (Wildman–Crippen MR) is 103 cm³/mol. The Labute approximate surface area is 165 Å². The Morgan fingerprint density at radius 3 is 2.48 bits per heavy atom. The number of rotatable bonds is 4. The number of aromatic nitrogens is 1. The average Bonchev–Trinajstić information content (AvgIpc) is 3.34. The highest BCUT2D eigenvalue weighted by Crippen LogP contribution is 2.35. The van der Waals surface area contributed by atoms with Crippen molar-refractivity contribution in [2.45, 2.75) is 17.7 Å². The van der Waals surface area contributed by atoms with Crippen LogP contribution in [0.5, 0.6) is 5.88 Å². The number of sulfonamides is 1. The van der Waals surface area contributed by atoms with E-state index in [0.29, 0.717) is 24.0 Å². The second-order valence-electron chi connectivity index (χ2n) is 6.65. The second-order valence-corrected chi connectivity index (χ2v) is 8.59. The minimum Gasteiger partial charge on any atom is -0.493 e. The minimum absolute atomic E-state index is 0.0154. The van der Waals surface area contributed by atoms with Gasteiger partial charge < -0.3 is 10.1 Å². The summed E-state index contributed by atoms with van der Waals surface area (Å²) < 4.78 is 39.7. The molecule has 0 spiro atoms. The van der Waals surface area contributed by atoms with Crippen LogP contribution in [0, 0.1) is 5.82 Å². The first-order valence-electron chi connectivity index (χ1n) is 8.93. The van der Waals surface area contributed by atoms with Crippen LogP contribution in [0.2, 0.25) is 0 Å². The molecule has 8 nitrogen and oxygen atoms in total. The van der Waals surface area contributed by atoms with Crippen LogP contribution in [-0.2, 0) is 10.0 Å². The number of carbonyl (C=O) groups is 1. The van der Waals surface area contributed by atoms with E-state index in [0.717, 1.165) is 12.8 Å². The molecule has 0 saturated carbocycles. The number of nitrogens with zero attached hydrogens (tertiary/aromatic N) is 3. The number of halogens is 1. The summed E-state index contributed by atoms with van der Waals surface area (Å²) in [6, 6.07) is 9.28. The highest BCUT2D eigenvalue weighted by atomic mass is 32.2. The monoisotopic (exact) mass is 416 g/mol. The molecule has 1 aromatic heterocycles. The molecule has 1 aliphatic rings. The number of azo groups is 1. The van der Waals surface area contributed by atoms with Crippen LogP contribution >= 0.6 is 0 Å². The average molecular weight is 416 g/mol. The maximum absolute atomic E-state index is 13.3. The van der Waals surface area contributed by atoms with Gasteiger partial charge in [0.2, 0.25) is 15.9 Å². The van der Waals surface area contributed by atoms with Crippen molar-refractivity contribution >= 4 is 32.5 Å². The lowest BCUT2D eigenvalue weighted by atomic mass is 10.2. The summed E-state index contributed by atoms with van der Waals surface area (Å²) in [7, 11) is -3.56. The van der Waals surface area contributed by atoms with Gasteiger partial charge in [-0.3, -0.25) is 4.79 Å². The molecule has 1 saturated heterocycles. The fraction of sp³-hybridized carbons (Fsp3) is 0.211. The van der Waals surface area contributed by atoms with Crippen LogP contribution in [0.3, 0.4) is 0 Å². The summed E-state index contributed by atoms with van der Waals surface area (Å²) in [5.74, 6) is -1.53. The van der Waals surface area contributed by atoms with E-state index in [1.165, 1.54) is 46.8 Å². The summed E-state index contributed by atoms with van der Waals surface area (Å²) in [6.45, 7) is 0.991. The van der Waals surface area contributed by atoms with Gasteiger partial charge in [0, 0.05) is 24.0 Å². The molecule has 1 aliphatic heterocycles. The summed E-state index contributed by atoms with van der Waals surface area (Å²) in [4.78, 5) is 15.0. The molecule has 3 aromatic rings. The number of hydrogen-bond acceptors (Lipinski definition) is 5. The maximum atomic E-state index is 13.3.